The predicted octanol–water partition coefficient (Wildman–Crippen LogP) is 4.32. The Kier molecular flexibility index (Phi) is 5.48. The van der Waals surface area contributed by atoms with Crippen molar-refractivity contribution in [3.63, 3.8) is 0 Å². The number of rotatable bonds is 6. The van der Waals surface area contributed by atoms with Gasteiger partial charge in [0, 0.05) is 11.6 Å². The lowest BCUT2D eigenvalue weighted by Crippen LogP contribution is -2.31. The van der Waals surface area contributed by atoms with Crippen LogP contribution in [0.15, 0.2) is 24.4 Å². The predicted molar refractivity (Wildman–Crippen MR) is 95.3 cm³/mol. The van der Waals surface area contributed by atoms with Gasteiger partial charge in [0.15, 0.2) is 5.82 Å². The highest BCUT2D eigenvalue weighted by molar-refractivity contribution is 5.92. The lowest BCUT2D eigenvalue weighted by molar-refractivity contribution is 0.146. The van der Waals surface area contributed by atoms with Crippen LogP contribution < -0.4 is 16.0 Å². The average Bonchev–Trinajstić information content (AvgIpc) is 3.41. The van der Waals surface area contributed by atoms with Gasteiger partial charge in [-0.2, -0.15) is 0 Å². The highest BCUT2D eigenvalue weighted by Gasteiger charge is 2.24. The molecule has 1 saturated carbocycles. The van der Waals surface area contributed by atoms with Crippen molar-refractivity contribution in [2.75, 3.05) is 10.6 Å². The smallest absolute Gasteiger partial charge is 0.319 e. The first-order chi connectivity index (χ1) is 12.8. The number of urea groups is 1. The second kappa shape index (κ2) is 7.81. The first-order valence-corrected chi connectivity index (χ1v) is 8.59. The van der Waals surface area contributed by atoms with Gasteiger partial charge >= 0.3 is 6.03 Å². The summed E-state index contributed by atoms with van der Waals surface area (Å²) in [7, 11) is 0. The molecule has 144 valence electrons. The molecule has 9 heteroatoms. The summed E-state index contributed by atoms with van der Waals surface area (Å²) < 4.78 is 40.2. The van der Waals surface area contributed by atoms with Crippen LogP contribution in [0.5, 0.6) is 0 Å². The van der Waals surface area contributed by atoms with Crippen molar-refractivity contribution >= 4 is 17.5 Å². The van der Waals surface area contributed by atoms with Crippen molar-refractivity contribution in [3.05, 3.63) is 47.2 Å². The van der Waals surface area contributed by atoms with Crippen LogP contribution in [0.25, 0.3) is 0 Å². The minimum Gasteiger partial charge on any atom is -0.362 e. The molecule has 1 aromatic heterocycles. The van der Waals surface area contributed by atoms with Crippen LogP contribution in [0.4, 0.5) is 29.5 Å². The van der Waals surface area contributed by atoms with Crippen LogP contribution >= 0.6 is 0 Å². The third-order valence-corrected chi connectivity index (χ3v) is 4.18. The fraction of sp³-hybridized carbons (Fsp3) is 0.389. The number of halogens is 3. The lowest BCUT2D eigenvalue weighted by Gasteiger charge is -2.19. The van der Waals surface area contributed by atoms with Gasteiger partial charge in [-0.3, -0.25) is 0 Å². The van der Waals surface area contributed by atoms with Crippen molar-refractivity contribution in [2.24, 2.45) is 0 Å². The van der Waals surface area contributed by atoms with Crippen molar-refractivity contribution in [1.82, 2.24) is 15.3 Å². The number of benzene rings is 1. The van der Waals surface area contributed by atoms with E-state index in [0.29, 0.717) is 11.5 Å². The standard InChI is InChI=1S/C18H20F3N5O/c1-9(12-4-3-5-13(15(12)19)16(20)21)23-17-14(8-22-10(2)24-17)26-18(27)25-11-6-7-11/h3-5,8-9,11,16H,6-7H2,1-2H3,(H,22,23,24)(H2,25,26,27)/t9-/m1/s1. The van der Waals surface area contributed by atoms with E-state index < -0.39 is 23.8 Å². The van der Waals surface area contributed by atoms with E-state index in [9.17, 15) is 18.0 Å². The Labute approximate surface area is 154 Å². The van der Waals surface area contributed by atoms with E-state index in [4.69, 9.17) is 0 Å². The molecule has 0 aliphatic heterocycles. The summed E-state index contributed by atoms with van der Waals surface area (Å²) in [5.41, 5.74) is -0.254. The van der Waals surface area contributed by atoms with E-state index in [1.165, 1.54) is 18.3 Å². The van der Waals surface area contributed by atoms with Crippen LogP contribution in [-0.2, 0) is 0 Å². The molecule has 0 spiro atoms. The Hall–Kier alpha value is -2.84. The number of aryl methyl sites for hydroxylation is 1. The summed E-state index contributed by atoms with van der Waals surface area (Å²) in [6.07, 6.45) is 0.427. The molecule has 2 amide bonds. The van der Waals surface area contributed by atoms with E-state index in [2.05, 4.69) is 25.9 Å². The average molecular weight is 379 g/mol. The zero-order valence-electron chi connectivity index (χ0n) is 14.9. The summed E-state index contributed by atoms with van der Waals surface area (Å²) in [5, 5.41) is 8.41. The topological polar surface area (TPSA) is 78.9 Å². The van der Waals surface area contributed by atoms with Gasteiger partial charge in [-0.15, -0.1) is 0 Å². The van der Waals surface area contributed by atoms with Gasteiger partial charge < -0.3 is 16.0 Å². The van der Waals surface area contributed by atoms with E-state index in [1.54, 1.807) is 13.8 Å². The largest absolute Gasteiger partial charge is 0.362 e. The number of carbonyl (C=O) groups excluding carboxylic acids is 1. The molecule has 0 unspecified atom stereocenters. The molecule has 0 radical (unpaired) electrons. The Morgan fingerprint density at radius 3 is 2.63 bits per heavy atom. The van der Waals surface area contributed by atoms with Gasteiger partial charge in [-0.1, -0.05) is 18.2 Å². The fourth-order valence-corrected chi connectivity index (χ4v) is 2.60. The van der Waals surface area contributed by atoms with Crippen molar-refractivity contribution in [3.8, 4) is 0 Å². The summed E-state index contributed by atoms with van der Waals surface area (Å²) in [6.45, 7) is 3.29. The van der Waals surface area contributed by atoms with Gasteiger partial charge in [0.1, 0.15) is 17.3 Å². The van der Waals surface area contributed by atoms with E-state index in [0.717, 1.165) is 18.9 Å². The zero-order chi connectivity index (χ0) is 19.6. The fourth-order valence-electron chi connectivity index (χ4n) is 2.60. The third kappa shape index (κ3) is 4.66. The Bertz CT molecular complexity index is 842. The van der Waals surface area contributed by atoms with Gasteiger partial charge in [0.2, 0.25) is 0 Å². The summed E-state index contributed by atoms with van der Waals surface area (Å²) >= 11 is 0. The molecule has 1 atom stereocenters. The number of amides is 2. The normalized spacial score (nSPS) is 14.7. The molecule has 6 nitrogen and oxygen atoms in total. The van der Waals surface area contributed by atoms with Crippen LogP contribution in [-0.4, -0.2) is 22.0 Å². The van der Waals surface area contributed by atoms with Gasteiger partial charge in [0.05, 0.1) is 17.8 Å². The molecule has 3 N–H and O–H groups in total. The molecule has 27 heavy (non-hydrogen) atoms. The number of nitrogens with zero attached hydrogens (tertiary/aromatic N) is 2. The highest BCUT2D eigenvalue weighted by Crippen LogP contribution is 2.30. The number of alkyl halides is 2. The maximum Gasteiger partial charge on any atom is 0.319 e. The number of carbonyl (C=O) groups is 1. The maximum absolute atomic E-state index is 14.4. The lowest BCUT2D eigenvalue weighted by atomic mass is 10.0. The molecule has 3 rings (SSSR count). The molecule has 1 heterocycles. The van der Waals surface area contributed by atoms with Crippen LogP contribution in [0, 0.1) is 12.7 Å². The van der Waals surface area contributed by atoms with E-state index in [-0.39, 0.29) is 23.5 Å². The molecule has 0 bridgehead atoms. The minimum absolute atomic E-state index is 0.0810. The van der Waals surface area contributed by atoms with Crippen LogP contribution in [0.3, 0.4) is 0 Å². The monoisotopic (exact) mass is 379 g/mol. The maximum atomic E-state index is 14.4. The Morgan fingerprint density at radius 1 is 1.26 bits per heavy atom. The second-order valence-corrected chi connectivity index (χ2v) is 6.47. The zero-order valence-corrected chi connectivity index (χ0v) is 14.9. The van der Waals surface area contributed by atoms with Crippen LogP contribution in [0.2, 0.25) is 0 Å². The van der Waals surface area contributed by atoms with Crippen molar-refractivity contribution in [2.45, 2.75) is 45.2 Å². The number of hydrogen-bond acceptors (Lipinski definition) is 4. The second-order valence-electron chi connectivity index (χ2n) is 6.47. The molecule has 1 aliphatic rings. The number of aromatic nitrogens is 2. The SMILES string of the molecule is Cc1ncc(NC(=O)NC2CC2)c(N[C@H](C)c2cccc(C(F)F)c2F)n1. The summed E-state index contributed by atoms with van der Waals surface area (Å²) in [4.78, 5) is 20.3. The van der Waals surface area contributed by atoms with Crippen molar-refractivity contribution < 1.29 is 18.0 Å². The molecule has 0 saturated heterocycles. The number of hydrogen-bond donors (Lipinski definition) is 3. The van der Waals surface area contributed by atoms with Crippen LogP contribution in [0.1, 0.15) is 49.2 Å². The summed E-state index contributed by atoms with van der Waals surface area (Å²) in [5.74, 6) is -0.235. The summed E-state index contributed by atoms with van der Waals surface area (Å²) in [6, 6.07) is 3.00. The number of nitrogens with one attached hydrogen (secondary N) is 3. The first-order valence-electron chi connectivity index (χ1n) is 8.59. The van der Waals surface area contributed by atoms with Gasteiger partial charge in [-0.05, 0) is 26.7 Å². The quantitative estimate of drug-likeness (QED) is 0.698. The molecule has 2 aromatic rings. The highest BCUT2D eigenvalue weighted by atomic mass is 19.3. The van der Waals surface area contributed by atoms with Gasteiger partial charge in [-0.25, -0.2) is 27.9 Å². The van der Waals surface area contributed by atoms with E-state index >= 15 is 0 Å². The number of anilines is 2. The molecular weight excluding hydrogens is 359 g/mol. The third-order valence-electron chi connectivity index (χ3n) is 4.18. The van der Waals surface area contributed by atoms with Crippen molar-refractivity contribution in [1.29, 1.82) is 0 Å². The molecule has 1 aromatic carbocycles. The van der Waals surface area contributed by atoms with Gasteiger partial charge in [0.25, 0.3) is 6.43 Å². The molecule has 1 fully saturated rings. The van der Waals surface area contributed by atoms with E-state index in [1.807, 2.05) is 0 Å². The Balaban J connectivity index is 1.81. The molecule has 1 aliphatic carbocycles. The molecular formula is C18H20F3N5O. The Morgan fingerprint density at radius 2 is 1.96 bits per heavy atom. The first kappa shape index (κ1) is 18.9. The minimum atomic E-state index is -2.90.